The number of nitrogens with zero attached hydrogens (tertiary/aromatic N) is 3. The highest BCUT2D eigenvalue weighted by Gasteiger charge is 2.16. The number of rotatable bonds is 6. The van der Waals surface area contributed by atoms with Crippen molar-refractivity contribution in [2.45, 2.75) is 25.9 Å². The first kappa shape index (κ1) is 17.3. The van der Waals surface area contributed by atoms with Crippen molar-refractivity contribution in [2.75, 3.05) is 19.7 Å². The molecule has 1 aromatic carbocycles. The van der Waals surface area contributed by atoms with Crippen molar-refractivity contribution in [2.24, 2.45) is 0 Å². The Morgan fingerprint density at radius 1 is 1.17 bits per heavy atom. The van der Waals surface area contributed by atoms with Gasteiger partial charge in [-0.25, -0.2) is 13.4 Å². The standard InChI is InChI=1S/C15H19N3O4S/c1-5-21-9-22-13-7-10(2)6-11(3)14(13)12-8-16-15(18-17-12)23(4,19)20/h6-8H,5,9H2,1-4H3. The fourth-order valence-electron chi connectivity index (χ4n) is 2.11. The van der Waals surface area contributed by atoms with E-state index in [1.165, 1.54) is 6.20 Å². The number of sulfone groups is 1. The Kier molecular flexibility index (Phi) is 5.27. The molecule has 1 heterocycles. The van der Waals surface area contributed by atoms with Crippen LogP contribution < -0.4 is 4.74 Å². The summed E-state index contributed by atoms with van der Waals surface area (Å²) in [6.07, 6.45) is 2.42. The first-order chi connectivity index (χ1) is 10.8. The van der Waals surface area contributed by atoms with E-state index in [1.807, 2.05) is 32.9 Å². The summed E-state index contributed by atoms with van der Waals surface area (Å²) in [5, 5.41) is 7.37. The second kappa shape index (κ2) is 7.01. The number of ether oxygens (including phenoxy) is 2. The van der Waals surface area contributed by atoms with Gasteiger partial charge in [-0.1, -0.05) is 6.07 Å². The minimum atomic E-state index is -3.48. The molecule has 2 aromatic rings. The smallest absolute Gasteiger partial charge is 0.267 e. The normalized spacial score (nSPS) is 11.5. The Bertz CT molecular complexity index is 789. The maximum atomic E-state index is 11.4. The molecular weight excluding hydrogens is 318 g/mol. The second-order valence-corrected chi connectivity index (χ2v) is 7.02. The summed E-state index contributed by atoms with van der Waals surface area (Å²) in [7, 11) is -3.48. The summed E-state index contributed by atoms with van der Waals surface area (Å²) in [4.78, 5) is 3.88. The van der Waals surface area contributed by atoms with Gasteiger partial charge in [-0.15, -0.1) is 10.2 Å². The van der Waals surface area contributed by atoms with Gasteiger partial charge >= 0.3 is 0 Å². The highest BCUT2D eigenvalue weighted by atomic mass is 32.2. The fraction of sp³-hybridized carbons (Fsp3) is 0.400. The molecule has 0 atom stereocenters. The maximum absolute atomic E-state index is 11.4. The van der Waals surface area contributed by atoms with Crippen LogP contribution in [0.5, 0.6) is 5.75 Å². The van der Waals surface area contributed by atoms with Crippen LogP contribution >= 0.6 is 0 Å². The lowest BCUT2D eigenvalue weighted by molar-refractivity contribution is 0.0227. The van der Waals surface area contributed by atoms with Gasteiger partial charge in [-0.05, 0) is 38.0 Å². The van der Waals surface area contributed by atoms with E-state index in [2.05, 4.69) is 15.2 Å². The molecular formula is C15H19N3O4S. The molecule has 0 saturated heterocycles. The van der Waals surface area contributed by atoms with E-state index in [-0.39, 0.29) is 11.9 Å². The van der Waals surface area contributed by atoms with E-state index in [0.29, 0.717) is 18.1 Å². The molecule has 2 rings (SSSR count). The molecule has 124 valence electrons. The van der Waals surface area contributed by atoms with Crippen LogP contribution in [0.25, 0.3) is 11.3 Å². The summed E-state index contributed by atoms with van der Waals surface area (Å²) in [6.45, 7) is 6.42. The van der Waals surface area contributed by atoms with Gasteiger partial charge in [0.2, 0.25) is 9.84 Å². The monoisotopic (exact) mass is 337 g/mol. The quantitative estimate of drug-likeness (QED) is 0.587. The van der Waals surface area contributed by atoms with Crippen LogP contribution in [0.1, 0.15) is 18.1 Å². The molecule has 0 saturated carbocycles. The molecule has 0 unspecified atom stereocenters. The van der Waals surface area contributed by atoms with Crippen LogP contribution in [0.15, 0.2) is 23.5 Å². The molecule has 0 aliphatic rings. The average molecular weight is 337 g/mol. The summed E-state index contributed by atoms with van der Waals surface area (Å²) in [6, 6.07) is 3.85. The molecule has 0 aliphatic carbocycles. The van der Waals surface area contributed by atoms with Crippen LogP contribution in [0, 0.1) is 13.8 Å². The third-order valence-corrected chi connectivity index (χ3v) is 3.92. The zero-order chi connectivity index (χ0) is 17.0. The van der Waals surface area contributed by atoms with Gasteiger partial charge in [0.05, 0.1) is 6.20 Å². The van der Waals surface area contributed by atoms with Gasteiger partial charge in [-0.3, -0.25) is 0 Å². The molecule has 0 amide bonds. The van der Waals surface area contributed by atoms with Gasteiger partial charge in [0, 0.05) is 18.4 Å². The van der Waals surface area contributed by atoms with Gasteiger partial charge < -0.3 is 9.47 Å². The van der Waals surface area contributed by atoms with E-state index in [9.17, 15) is 8.42 Å². The molecule has 1 aromatic heterocycles. The van der Waals surface area contributed by atoms with Gasteiger partial charge in [-0.2, -0.15) is 0 Å². The predicted molar refractivity (Wildman–Crippen MR) is 85.0 cm³/mol. The zero-order valence-electron chi connectivity index (χ0n) is 13.5. The molecule has 0 radical (unpaired) electrons. The Hall–Kier alpha value is -2.06. The molecule has 0 N–H and O–H groups in total. The van der Waals surface area contributed by atoms with Crippen molar-refractivity contribution in [1.29, 1.82) is 0 Å². The Labute approximate surface area is 135 Å². The molecule has 0 aliphatic heterocycles. The molecule has 8 heteroatoms. The number of hydrogen-bond donors (Lipinski definition) is 0. The fourth-order valence-corrected chi connectivity index (χ4v) is 2.54. The third kappa shape index (κ3) is 4.23. The number of aromatic nitrogens is 3. The number of hydrogen-bond acceptors (Lipinski definition) is 7. The lowest BCUT2D eigenvalue weighted by atomic mass is 10.0. The van der Waals surface area contributed by atoms with Crippen LogP contribution in [0.2, 0.25) is 0 Å². The zero-order valence-corrected chi connectivity index (χ0v) is 14.3. The molecule has 7 nitrogen and oxygen atoms in total. The highest BCUT2D eigenvalue weighted by molar-refractivity contribution is 7.90. The minimum Gasteiger partial charge on any atom is -0.467 e. The van der Waals surface area contributed by atoms with E-state index in [0.717, 1.165) is 22.9 Å². The molecule has 0 spiro atoms. The van der Waals surface area contributed by atoms with E-state index in [4.69, 9.17) is 9.47 Å². The van der Waals surface area contributed by atoms with Crippen LogP contribution in [-0.4, -0.2) is 43.3 Å². The summed E-state index contributed by atoms with van der Waals surface area (Å²) in [5.41, 5.74) is 3.13. The van der Waals surface area contributed by atoms with Crippen LogP contribution in [0.4, 0.5) is 0 Å². The topological polar surface area (TPSA) is 91.3 Å². The van der Waals surface area contributed by atoms with Crippen molar-refractivity contribution in [3.63, 3.8) is 0 Å². The summed E-state index contributed by atoms with van der Waals surface area (Å²) >= 11 is 0. The van der Waals surface area contributed by atoms with Crippen molar-refractivity contribution in [3.05, 3.63) is 29.5 Å². The number of benzene rings is 1. The molecule has 0 bridgehead atoms. The Balaban J connectivity index is 2.45. The SMILES string of the molecule is CCOCOc1cc(C)cc(C)c1-c1cnc(S(C)(=O)=O)nn1. The van der Waals surface area contributed by atoms with Crippen molar-refractivity contribution in [3.8, 4) is 17.0 Å². The van der Waals surface area contributed by atoms with Gasteiger partial charge in [0.15, 0.2) is 6.79 Å². The van der Waals surface area contributed by atoms with E-state index >= 15 is 0 Å². The molecule has 0 fully saturated rings. The van der Waals surface area contributed by atoms with Crippen molar-refractivity contribution in [1.82, 2.24) is 15.2 Å². The molecule has 23 heavy (non-hydrogen) atoms. The second-order valence-electron chi connectivity index (χ2n) is 5.11. The van der Waals surface area contributed by atoms with Crippen molar-refractivity contribution < 1.29 is 17.9 Å². The van der Waals surface area contributed by atoms with Crippen molar-refractivity contribution >= 4 is 9.84 Å². The number of aryl methyl sites for hydroxylation is 2. The average Bonchev–Trinajstić information content (AvgIpc) is 2.46. The predicted octanol–water partition coefficient (Wildman–Crippen LogP) is 1.93. The largest absolute Gasteiger partial charge is 0.467 e. The van der Waals surface area contributed by atoms with Gasteiger partial charge in [0.1, 0.15) is 11.4 Å². The Morgan fingerprint density at radius 3 is 2.48 bits per heavy atom. The van der Waals surface area contributed by atoms with Crippen LogP contribution in [0.3, 0.4) is 0 Å². The lowest BCUT2D eigenvalue weighted by Crippen LogP contribution is -2.07. The lowest BCUT2D eigenvalue weighted by Gasteiger charge is -2.14. The maximum Gasteiger partial charge on any atom is 0.267 e. The first-order valence-electron chi connectivity index (χ1n) is 7.05. The highest BCUT2D eigenvalue weighted by Crippen LogP contribution is 2.33. The first-order valence-corrected chi connectivity index (χ1v) is 8.94. The van der Waals surface area contributed by atoms with E-state index < -0.39 is 9.84 Å². The Morgan fingerprint density at radius 2 is 1.91 bits per heavy atom. The minimum absolute atomic E-state index is 0.120. The third-order valence-electron chi connectivity index (χ3n) is 3.07. The van der Waals surface area contributed by atoms with Gasteiger partial charge in [0.25, 0.3) is 5.16 Å². The van der Waals surface area contributed by atoms with Crippen LogP contribution in [-0.2, 0) is 14.6 Å². The summed E-state index contributed by atoms with van der Waals surface area (Å²) < 4.78 is 33.7. The summed E-state index contributed by atoms with van der Waals surface area (Å²) in [5.74, 6) is 0.596. The van der Waals surface area contributed by atoms with E-state index in [1.54, 1.807) is 0 Å².